The number of aromatic hydroxyl groups is 1. The standard InChI is InChI=1S/C46H57N5O15/c1-3-33-34-23-32(52)9-10-38(34)50-42-35(33)25-51-39(42)24-37-36(43(51)55)27-64-44(56)46(37,4-2)66-45(57)65-26-30-5-7-31(8-6-30)49-41(54)29-63-28-40(53)48-12-14-59-16-18-61-20-22-62-21-19-60-17-15-58-13-11-47/h5-10,23-24,52H,3-4,11-22,25-29,47H2,1-2H3,(H,48,53)(H,49,54). The number of amides is 2. The molecule has 0 fully saturated rings. The Hall–Kier alpha value is -6.00. The van der Waals surface area contributed by atoms with Crippen molar-refractivity contribution in [1.82, 2.24) is 14.9 Å². The topological polar surface area (TPSA) is 257 Å². The number of nitrogens with zero attached hydrogens (tertiary/aromatic N) is 2. The fourth-order valence-electron chi connectivity index (χ4n) is 7.52. The predicted octanol–water partition coefficient (Wildman–Crippen LogP) is 2.82. The van der Waals surface area contributed by atoms with E-state index in [-0.39, 0.29) is 69.4 Å². The number of hydrogen-bond acceptors (Lipinski definition) is 17. The van der Waals surface area contributed by atoms with E-state index in [2.05, 4.69) is 10.6 Å². The Morgan fingerprint density at radius 1 is 0.818 bits per heavy atom. The van der Waals surface area contributed by atoms with Gasteiger partial charge < -0.3 is 68.7 Å². The molecule has 0 aliphatic carbocycles. The first-order valence-electron chi connectivity index (χ1n) is 21.9. The highest BCUT2D eigenvalue weighted by atomic mass is 16.7. The zero-order valence-corrected chi connectivity index (χ0v) is 37.2. The molecule has 20 nitrogen and oxygen atoms in total. The van der Waals surface area contributed by atoms with Crippen LogP contribution in [-0.2, 0) is 88.8 Å². The number of hydrogen-bond donors (Lipinski definition) is 4. The van der Waals surface area contributed by atoms with Gasteiger partial charge in [-0.2, -0.15) is 0 Å². The van der Waals surface area contributed by atoms with Crippen LogP contribution in [0.25, 0.3) is 22.3 Å². The lowest BCUT2D eigenvalue weighted by Gasteiger charge is -2.35. The fourth-order valence-corrected chi connectivity index (χ4v) is 7.52. The van der Waals surface area contributed by atoms with Gasteiger partial charge in [-0.3, -0.25) is 14.4 Å². The van der Waals surface area contributed by atoms with Crippen LogP contribution in [0.5, 0.6) is 5.75 Å². The average Bonchev–Trinajstić information content (AvgIpc) is 3.68. The van der Waals surface area contributed by atoms with E-state index in [4.69, 9.17) is 53.3 Å². The molecule has 6 rings (SSSR count). The van der Waals surface area contributed by atoms with E-state index >= 15 is 0 Å². The fraction of sp³-hybridized carbons (Fsp3) is 0.478. The average molecular weight is 920 g/mol. The number of pyridine rings is 2. The number of ether oxygens (including phenoxy) is 9. The molecule has 5 N–H and O–H groups in total. The molecule has 0 bridgehead atoms. The molecular formula is C46H57N5O15. The van der Waals surface area contributed by atoms with Crippen molar-refractivity contribution in [2.45, 2.75) is 52.0 Å². The zero-order chi connectivity index (χ0) is 46.9. The van der Waals surface area contributed by atoms with Gasteiger partial charge in [0.2, 0.25) is 17.4 Å². The third kappa shape index (κ3) is 12.7. The maximum absolute atomic E-state index is 14.0. The van der Waals surface area contributed by atoms with Crippen molar-refractivity contribution in [2.24, 2.45) is 5.73 Å². The van der Waals surface area contributed by atoms with Crippen LogP contribution in [0.3, 0.4) is 0 Å². The summed E-state index contributed by atoms with van der Waals surface area (Å²) in [5.41, 5.74) is 7.81. The van der Waals surface area contributed by atoms with Crippen molar-refractivity contribution in [3.8, 4) is 17.1 Å². The molecule has 4 aromatic rings. The summed E-state index contributed by atoms with van der Waals surface area (Å²) in [4.78, 5) is 70.1. The number of nitrogens with two attached hydrogens (primary N) is 1. The third-order valence-electron chi connectivity index (χ3n) is 10.7. The number of esters is 1. The highest BCUT2D eigenvalue weighted by molar-refractivity contribution is 5.92. The van der Waals surface area contributed by atoms with Gasteiger partial charge in [0.1, 0.15) is 32.2 Å². The van der Waals surface area contributed by atoms with Crippen LogP contribution in [0.2, 0.25) is 0 Å². The van der Waals surface area contributed by atoms with Crippen LogP contribution >= 0.6 is 0 Å². The van der Waals surface area contributed by atoms with Crippen molar-refractivity contribution < 1.29 is 66.9 Å². The minimum atomic E-state index is -1.96. The van der Waals surface area contributed by atoms with Crippen molar-refractivity contribution in [3.05, 3.63) is 86.7 Å². The van der Waals surface area contributed by atoms with Crippen LogP contribution in [-0.4, -0.2) is 131 Å². The normalized spacial score (nSPS) is 14.9. The van der Waals surface area contributed by atoms with E-state index in [9.17, 15) is 29.1 Å². The summed E-state index contributed by atoms with van der Waals surface area (Å²) in [5, 5.41) is 16.3. The Bertz CT molecular complexity index is 2370. The molecule has 2 amide bonds. The van der Waals surface area contributed by atoms with Gasteiger partial charge in [-0.1, -0.05) is 26.0 Å². The molecule has 1 unspecified atom stereocenters. The summed E-state index contributed by atoms with van der Waals surface area (Å²) < 4.78 is 50.3. The van der Waals surface area contributed by atoms with Crippen molar-refractivity contribution >= 4 is 40.5 Å². The van der Waals surface area contributed by atoms with Gasteiger partial charge in [0.15, 0.2) is 0 Å². The van der Waals surface area contributed by atoms with Gasteiger partial charge in [-0.25, -0.2) is 14.6 Å². The molecule has 0 spiro atoms. The Morgan fingerprint density at radius 2 is 1.47 bits per heavy atom. The second-order valence-electron chi connectivity index (χ2n) is 15.1. The van der Waals surface area contributed by atoms with E-state index in [0.717, 1.165) is 16.5 Å². The number of phenolic OH excluding ortho intramolecular Hbond substituents is 1. The van der Waals surface area contributed by atoms with Crippen LogP contribution in [0.15, 0.2) is 53.3 Å². The maximum atomic E-state index is 14.0. The zero-order valence-electron chi connectivity index (χ0n) is 37.2. The number of nitrogens with one attached hydrogen (secondary N) is 2. The summed E-state index contributed by atoms with van der Waals surface area (Å²) in [7, 11) is 0. The molecule has 20 heteroatoms. The van der Waals surface area contributed by atoms with E-state index in [0.29, 0.717) is 101 Å². The quantitative estimate of drug-likeness (QED) is 0.0436. The number of phenols is 1. The Kier molecular flexibility index (Phi) is 18.4. The summed E-state index contributed by atoms with van der Waals surface area (Å²) >= 11 is 0. The lowest BCUT2D eigenvalue weighted by Crippen LogP contribution is -2.47. The number of rotatable bonds is 27. The minimum Gasteiger partial charge on any atom is -0.508 e. The number of fused-ring (bicyclic) bond motifs is 5. The smallest absolute Gasteiger partial charge is 0.508 e. The number of cyclic esters (lactones) is 1. The molecule has 0 radical (unpaired) electrons. The summed E-state index contributed by atoms with van der Waals surface area (Å²) in [5.74, 6) is -1.63. The molecule has 1 atom stereocenters. The number of aryl methyl sites for hydroxylation is 1. The lowest BCUT2D eigenvalue weighted by atomic mass is 9.85. The first-order valence-corrected chi connectivity index (χ1v) is 21.9. The largest absolute Gasteiger partial charge is 0.510 e. The molecule has 66 heavy (non-hydrogen) atoms. The van der Waals surface area contributed by atoms with Crippen LogP contribution in [0.4, 0.5) is 10.5 Å². The molecule has 0 saturated heterocycles. The summed E-state index contributed by atoms with van der Waals surface area (Å²) in [6.07, 6.45) is -0.584. The van der Waals surface area contributed by atoms with Crippen LogP contribution in [0.1, 0.15) is 48.1 Å². The molecule has 2 aromatic heterocycles. The Labute approximate surface area is 380 Å². The molecule has 2 aromatic carbocycles. The summed E-state index contributed by atoms with van der Waals surface area (Å²) in [6, 6.07) is 13.0. The maximum Gasteiger partial charge on any atom is 0.510 e. The molecule has 2 aliphatic heterocycles. The second-order valence-corrected chi connectivity index (χ2v) is 15.1. The van der Waals surface area contributed by atoms with Gasteiger partial charge in [0.25, 0.3) is 5.56 Å². The molecule has 0 saturated carbocycles. The van der Waals surface area contributed by atoms with Crippen molar-refractivity contribution in [3.63, 3.8) is 0 Å². The summed E-state index contributed by atoms with van der Waals surface area (Å²) in [6.45, 7) is 7.65. The third-order valence-corrected chi connectivity index (χ3v) is 10.7. The van der Waals surface area contributed by atoms with E-state index < -0.39 is 35.1 Å². The predicted molar refractivity (Wildman–Crippen MR) is 237 cm³/mol. The van der Waals surface area contributed by atoms with Crippen LogP contribution in [0, 0.1) is 0 Å². The van der Waals surface area contributed by atoms with Gasteiger partial charge in [-0.15, -0.1) is 0 Å². The number of carbonyl (C=O) groups is 4. The van der Waals surface area contributed by atoms with E-state index in [1.165, 1.54) is 0 Å². The van der Waals surface area contributed by atoms with Gasteiger partial charge in [0.05, 0.1) is 95.1 Å². The van der Waals surface area contributed by atoms with Gasteiger partial charge in [0, 0.05) is 35.3 Å². The Morgan fingerprint density at radius 3 is 2.12 bits per heavy atom. The minimum absolute atomic E-state index is 0.0488. The number of carbonyl (C=O) groups excluding carboxylic acids is 4. The molecule has 356 valence electrons. The second kappa shape index (κ2) is 24.5. The highest BCUT2D eigenvalue weighted by Gasteiger charge is 2.51. The SMILES string of the molecule is CCc1c2c(nc3ccc(O)cc13)-c1cc3c(c(=O)n1C2)COC(=O)C3(CC)OC(=O)OCc1ccc(NC(=O)COCC(=O)NCCOCCOCCOCCOCCOCCN)cc1. The molecular weight excluding hydrogens is 863 g/mol. The van der Waals surface area contributed by atoms with Gasteiger partial charge in [-0.05, 0) is 60.4 Å². The molecule has 2 aliphatic rings. The lowest BCUT2D eigenvalue weighted by molar-refractivity contribution is -0.175. The van der Waals surface area contributed by atoms with Gasteiger partial charge >= 0.3 is 12.1 Å². The Balaban J connectivity index is 0.887. The molecule has 4 heterocycles. The number of anilines is 1. The van der Waals surface area contributed by atoms with Crippen molar-refractivity contribution in [2.75, 3.05) is 97.7 Å². The van der Waals surface area contributed by atoms with Crippen molar-refractivity contribution in [1.29, 1.82) is 0 Å². The number of benzene rings is 2. The number of aromatic nitrogens is 2. The van der Waals surface area contributed by atoms with E-state index in [1.807, 2.05) is 6.92 Å². The van der Waals surface area contributed by atoms with Crippen LogP contribution < -0.4 is 21.9 Å². The van der Waals surface area contributed by atoms with E-state index in [1.54, 1.807) is 60.0 Å². The monoisotopic (exact) mass is 919 g/mol. The first kappa shape index (κ1) is 49.4. The highest BCUT2D eigenvalue weighted by Crippen LogP contribution is 2.42. The first-order chi connectivity index (χ1) is 32.1.